The number of hydrogen-bond acceptors (Lipinski definition) is 6. The lowest BCUT2D eigenvalue weighted by Gasteiger charge is -2.12. The van der Waals surface area contributed by atoms with Gasteiger partial charge in [-0.2, -0.15) is 0 Å². The van der Waals surface area contributed by atoms with E-state index in [0.29, 0.717) is 0 Å². The van der Waals surface area contributed by atoms with Gasteiger partial charge in [0, 0.05) is 6.07 Å². The fourth-order valence-corrected chi connectivity index (χ4v) is 1.68. The van der Waals surface area contributed by atoms with Crippen molar-refractivity contribution >= 4 is 29.2 Å². The minimum atomic E-state index is -1.10. The van der Waals surface area contributed by atoms with E-state index in [-0.39, 0.29) is 17.2 Å². The van der Waals surface area contributed by atoms with Gasteiger partial charge in [0.1, 0.15) is 5.02 Å². The van der Waals surface area contributed by atoms with Crippen LogP contribution in [-0.2, 0) is 14.3 Å². The Morgan fingerprint density at radius 3 is 2.68 bits per heavy atom. The van der Waals surface area contributed by atoms with Crippen molar-refractivity contribution in [2.24, 2.45) is 0 Å². The fourth-order valence-electron chi connectivity index (χ4n) is 1.49. The maximum Gasteiger partial charge on any atom is 0.347 e. The molecule has 1 rings (SSSR count). The molecule has 1 aromatic rings. The standard InChI is InChI=1S/C14H16ClNO6/c1-3-4-7-21-13(17)9(2)22-14(18)10-5-6-11(15)12(8-10)16(19)20/h5-6,8-9H,3-4,7H2,1-2H3/t9-/m1/s1. The van der Waals surface area contributed by atoms with Crippen LogP contribution in [0.15, 0.2) is 18.2 Å². The largest absolute Gasteiger partial charge is 0.463 e. The number of carbonyl (C=O) groups excluding carboxylic acids is 2. The van der Waals surface area contributed by atoms with Crippen LogP contribution in [0.1, 0.15) is 37.0 Å². The number of nitro groups is 1. The SMILES string of the molecule is CCCCOC(=O)[C@@H](C)OC(=O)c1ccc(Cl)c([N+](=O)[O-])c1. The number of hydrogen-bond donors (Lipinski definition) is 0. The van der Waals surface area contributed by atoms with E-state index in [2.05, 4.69) is 0 Å². The van der Waals surface area contributed by atoms with Crippen molar-refractivity contribution in [2.45, 2.75) is 32.8 Å². The molecule has 0 bridgehead atoms. The maximum atomic E-state index is 11.9. The maximum absolute atomic E-state index is 11.9. The third-order valence-corrected chi connectivity index (χ3v) is 3.06. The highest BCUT2D eigenvalue weighted by molar-refractivity contribution is 6.32. The molecule has 120 valence electrons. The van der Waals surface area contributed by atoms with Crippen molar-refractivity contribution in [3.8, 4) is 0 Å². The van der Waals surface area contributed by atoms with E-state index in [1.807, 2.05) is 6.92 Å². The summed E-state index contributed by atoms with van der Waals surface area (Å²) in [4.78, 5) is 33.5. The number of rotatable bonds is 7. The summed E-state index contributed by atoms with van der Waals surface area (Å²) in [6.45, 7) is 3.57. The van der Waals surface area contributed by atoms with Gasteiger partial charge >= 0.3 is 11.9 Å². The van der Waals surface area contributed by atoms with Gasteiger partial charge in [0.15, 0.2) is 6.10 Å². The molecule has 0 aliphatic rings. The molecule has 1 atom stereocenters. The van der Waals surface area contributed by atoms with E-state index in [1.165, 1.54) is 19.1 Å². The molecule has 0 unspecified atom stereocenters. The number of nitrogens with zero attached hydrogens (tertiary/aromatic N) is 1. The number of nitro benzene ring substituents is 1. The highest BCUT2D eigenvalue weighted by atomic mass is 35.5. The molecule has 0 aromatic heterocycles. The Morgan fingerprint density at radius 2 is 2.09 bits per heavy atom. The van der Waals surface area contributed by atoms with Crippen LogP contribution in [-0.4, -0.2) is 29.6 Å². The third-order valence-electron chi connectivity index (χ3n) is 2.74. The number of halogens is 1. The van der Waals surface area contributed by atoms with Crippen molar-refractivity contribution in [1.29, 1.82) is 0 Å². The molecule has 0 aliphatic carbocycles. The molecule has 0 saturated heterocycles. The molecule has 0 fully saturated rings. The minimum absolute atomic E-state index is 0.0655. The monoisotopic (exact) mass is 329 g/mol. The van der Waals surface area contributed by atoms with Gasteiger partial charge < -0.3 is 9.47 Å². The molecule has 0 aliphatic heterocycles. The van der Waals surface area contributed by atoms with E-state index < -0.39 is 28.7 Å². The first-order chi connectivity index (χ1) is 10.4. The van der Waals surface area contributed by atoms with Gasteiger partial charge in [-0.1, -0.05) is 24.9 Å². The highest BCUT2D eigenvalue weighted by Crippen LogP contribution is 2.25. The van der Waals surface area contributed by atoms with Gasteiger partial charge in [-0.05, 0) is 25.5 Å². The number of esters is 2. The smallest absolute Gasteiger partial charge is 0.347 e. The zero-order valence-corrected chi connectivity index (χ0v) is 13.0. The zero-order valence-electron chi connectivity index (χ0n) is 12.2. The summed E-state index contributed by atoms with van der Waals surface area (Å²) in [7, 11) is 0. The Labute approximate surface area is 132 Å². The van der Waals surface area contributed by atoms with E-state index >= 15 is 0 Å². The second kappa shape index (κ2) is 8.33. The van der Waals surface area contributed by atoms with Crippen LogP contribution in [0.2, 0.25) is 5.02 Å². The van der Waals surface area contributed by atoms with Crippen LogP contribution in [0.4, 0.5) is 5.69 Å². The molecular weight excluding hydrogens is 314 g/mol. The molecule has 7 nitrogen and oxygen atoms in total. The molecule has 0 radical (unpaired) electrons. The van der Waals surface area contributed by atoms with Crippen LogP contribution >= 0.6 is 11.6 Å². The predicted octanol–water partition coefficient (Wildman–Crippen LogP) is 3.14. The normalized spacial score (nSPS) is 11.6. The second-order valence-corrected chi connectivity index (χ2v) is 4.90. The average Bonchev–Trinajstić information content (AvgIpc) is 2.47. The topological polar surface area (TPSA) is 95.7 Å². The van der Waals surface area contributed by atoms with E-state index in [1.54, 1.807) is 0 Å². The summed E-state index contributed by atoms with van der Waals surface area (Å²) < 4.78 is 9.84. The fraction of sp³-hybridized carbons (Fsp3) is 0.429. The Bertz CT molecular complexity index is 574. The molecule has 0 heterocycles. The van der Waals surface area contributed by atoms with Crippen molar-refractivity contribution in [1.82, 2.24) is 0 Å². The molecular formula is C14H16ClNO6. The van der Waals surface area contributed by atoms with Crippen LogP contribution in [0.3, 0.4) is 0 Å². The molecule has 22 heavy (non-hydrogen) atoms. The van der Waals surface area contributed by atoms with Crippen molar-refractivity contribution in [2.75, 3.05) is 6.61 Å². The van der Waals surface area contributed by atoms with Crippen LogP contribution < -0.4 is 0 Å². The Hall–Kier alpha value is -2.15. The third kappa shape index (κ3) is 5.00. The van der Waals surface area contributed by atoms with Gasteiger partial charge in [-0.15, -0.1) is 0 Å². The lowest BCUT2D eigenvalue weighted by atomic mass is 10.2. The zero-order chi connectivity index (χ0) is 16.7. The lowest BCUT2D eigenvalue weighted by Crippen LogP contribution is -2.26. The molecule has 0 saturated carbocycles. The van der Waals surface area contributed by atoms with Crippen molar-refractivity contribution in [3.05, 3.63) is 38.9 Å². The van der Waals surface area contributed by atoms with Gasteiger partial charge in [0.25, 0.3) is 5.69 Å². The van der Waals surface area contributed by atoms with E-state index in [0.717, 1.165) is 18.9 Å². The van der Waals surface area contributed by atoms with E-state index in [4.69, 9.17) is 21.1 Å². The number of carbonyl (C=O) groups is 2. The highest BCUT2D eigenvalue weighted by Gasteiger charge is 2.22. The van der Waals surface area contributed by atoms with Crippen molar-refractivity contribution in [3.63, 3.8) is 0 Å². The number of ether oxygens (including phenoxy) is 2. The summed E-state index contributed by atoms with van der Waals surface area (Å²) in [5, 5.41) is 10.7. The molecule has 0 N–H and O–H groups in total. The summed E-state index contributed by atoms with van der Waals surface area (Å²) in [6, 6.07) is 3.51. The minimum Gasteiger partial charge on any atom is -0.463 e. The quantitative estimate of drug-likeness (QED) is 0.330. The van der Waals surface area contributed by atoms with Crippen LogP contribution in [0.5, 0.6) is 0 Å². The van der Waals surface area contributed by atoms with Crippen molar-refractivity contribution < 1.29 is 24.0 Å². The Morgan fingerprint density at radius 1 is 1.41 bits per heavy atom. The Balaban J connectivity index is 2.70. The number of benzene rings is 1. The molecule has 0 spiro atoms. The van der Waals surface area contributed by atoms with Gasteiger partial charge in [-0.25, -0.2) is 9.59 Å². The Kier molecular flexibility index (Phi) is 6.78. The number of unbranched alkanes of at least 4 members (excludes halogenated alkanes) is 1. The lowest BCUT2D eigenvalue weighted by molar-refractivity contribution is -0.384. The molecule has 8 heteroatoms. The molecule has 1 aromatic carbocycles. The summed E-state index contributed by atoms with van der Waals surface area (Å²) in [6.07, 6.45) is 0.491. The summed E-state index contributed by atoms with van der Waals surface area (Å²) in [5.74, 6) is -1.52. The van der Waals surface area contributed by atoms with Gasteiger partial charge in [0.05, 0.1) is 17.1 Å². The summed E-state index contributed by atoms with van der Waals surface area (Å²) >= 11 is 5.66. The van der Waals surface area contributed by atoms with Gasteiger partial charge in [0.2, 0.25) is 0 Å². The first kappa shape index (κ1) is 17.9. The van der Waals surface area contributed by atoms with E-state index in [9.17, 15) is 19.7 Å². The first-order valence-electron chi connectivity index (χ1n) is 6.68. The van der Waals surface area contributed by atoms with Crippen LogP contribution in [0.25, 0.3) is 0 Å². The first-order valence-corrected chi connectivity index (χ1v) is 7.06. The second-order valence-electron chi connectivity index (χ2n) is 4.49. The van der Waals surface area contributed by atoms with Gasteiger partial charge in [-0.3, -0.25) is 10.1 Å². The molecule has 0 amide bonds. The van der Waals surface area contributed by atoms with Crippen LogP contribution in [0, 0.1) is 10.1 Å². The average molecular weight is 330 g/mol. The summed E-state index contributed by atoms with van der Waals surface area (Å²) in [5.41, 5.74) is -0.474. The predicted molar refractivity (Wildman–Crippen MR) is 78.9 cm³/mol.